The summed E-state index contributed by atoms with van der Waals surface area (Å²) < 4.78 is 11.7. The van der Waals surface area contributed by atoms with Gasteiger partial charge < -0.3 is 14.6 Å². The minimum atomic E-state index is -0.947. The van der Waals surface area contributed by atoms with Gasteiger partial charge in [0.15, 0.2) is 23.4 Å². The smallest absolute Gasteiger partial charge is 0.174 e. The summed E-state index contributed by atoms with van der Waals surface area (Å²) in [6, 6.07) is 3.99. The van der Waals surface area contributed by atoms with E-state index in [-0.39, 0.29) is 11.8 Å². The molecule has 2 aliphatic heterocycles. The van der Waals surface area contributed by atoms with Crippen molar-refractivity contribution in [2.45, 2.75) is 48.8 Å². The van der Waals surface area contributed by atoms with E-state index in [0.717, 1.165) is 31.5 Å². The Morgan fingerprint density at radius 1 is 1.48 bits per heavy atom. The molecule has 5 heteroatoms. The number of benzene rings is 1. The van der Waals surface area contributed by atoms with Gasteiger partial charge in [-0.2, -0.15) is 0 Å². The zero-order chi connectivity index (χ0) is 17.4. The van der Waals surface area contributed by atoms with Crippen LogP contribution in [0.2, 0.25) is 0 Å². The van der Waals surface area contributed by atoms with Gasteiger partial charge in [0.1, 0.15) is 0 Å². The van der Waals surface area contributed by atoms with Crippen molar-refractivity contribution >= 4 is 5.78 Å². The highest BCUT2D eigenvalue weighted by atomic mass is 16.5. The van der Waals surface area contributed by atoms with Crippen LogP contribution in [0.5, 0.6) is 11.5 Å². The molecule has 2 bridgehead atoms. The average molecular weight is 341 g/mol. The van der Waals surface area contributed by atoms with E-state index in [4.69, 9.17) is 9.47 Å². The van der Waals surface area contributed by atoms with Crippen LogP contribution < -0.4 is 9.47 Å². The van der Waals surface area contributed by atoms with E-state index >= 15 is 0 Å². The SMILES string of the molecule is C=CCN1CC[C@]23c4c5ccc(OC)c4O[C@H]2C(=O)CC[C@@]3(O)[C@@H]1C5. The summed E-state index contributed by atoms with van der Waals surface area (Å²) in [4.78, 5) is 15.1. The number of methoxy groups -OCH3 is 1. The third-order valence-corrected chi connectivity index (χ3v) is 6.94. The maximum atomic E-state index is 12.8. The van der Waals surface area contributed by atoms with Crippen molar-refractivity contribution in [1.82, 2.24) is 4.90 Å². The van der Waals surface area contributed by atoms with Crippen LogP contribution in [0.1, 0.15) is 30.4 Å². The summed E-state index contributed by atoms with van der Waals surface area (Å²) in [5, 5.41) is 11.9. The monoisotopic (exact) mass is 341 g/mol. The first kappa shape index (κ1) is 15.4. The number of Topliss-reactive ketones (excluding diaryl/α,β-unsaturated/α-hetero) is 1. The lowest BCUT2D eigenvalue weighted by Crippen LogP contribution is -2.76. The summed E-state index contributed by atoms with van der Waals surface area (Å²) in [6.45, 7) is 5.46. The minimum absolute atomic E-state index is 0.00899. The van der Waals surface area contributed by atoms with Crippen LogP contribution in [-0.2, 0) is 16.6 Å². The first-order chi connectivity index (χ1) is 12.1. The van der Waals surface area contributed by atoms with E-state index < -0.39 is 17.1 Å². The van der Waals surface area contributed by atoms with Gasteiger partial charge >= 0.3 is 0 Å². The third kappa shape index (κ3) is 1.59. The first-order valence-electron chi connectivity index (χ1n) is 9.04. The fraction of sp³-hybridized carbons (Fsp3) is 0.550. The van der Waals surface area contributed by atoms with Crippen LogP contribution in [0.25, 0.3) is 0 Å². The van der Waals surface area contributed by atoms with Gasteiger partial charge in [-0.15, -0.1) is 6.58 Å². The molecule has 1 aromatic carbocycles. The first-order valence-corrected chi connectivity index (χ1v) is 9.04. The molecular weight excluding hydrogens is 318 g/mol. The fourth-order valence-electron chi connectivity index (χ4n) is 5.95. The molecule has 2 heterocycles. The second-order valence-electron chi connectivity index (χ2n) is 7.74. The maximum absolute atomic E-state index is 12.8. The summed E-state index contributed by atoms with van der Waals surface area (Å²) in [7, 11) is 1.62. The number of hydrogen-bond donors (Lipinski definition) is 1. The molecule has 2 fully saturated rings. The lowest BCUT2D eigenvalue weighted by molar-refractivity contribution is -0.187. The molecule has 0 radical (unpaired) electrons. The van der Waals surface area contributed by atoms with E-state index in [1.54, 1.807) is 7.11 Å². The van der Waals surface area contributed by atoms with Crippen molar-refractivity contribution < 1.29 is 19.4 Å². The highest BCUT2D eigenvalue weighted by molar-refractivity contribution is 5.90. The van der Waals surface area contributed by atoms with E-state index in [0.29, 0.717) is 24.3 Å². The molecule has 0 unspecified atom stereocenters. The number of ether oxygens (including phenoxy) is 2. The van der Waals surface area contributed by atoms with Gasteiger partial charge in [-0.1, -0.05) is 12.1 Å². The number of piperidine rings is 1. The molecule has 5 nitrogen and oxygen atoms in total. The highest BCUT2D eigenvalue weighted by Gasteiger charge is 2.73. The number of rotatable bonds is 3. The molecule has 25 heavy (non-hydrogen) atoms. The van der Waals surface area contributed by atoms with Gasteiger partial charge in [0.25, 0.3) is 0 Å². The molecule has 0 aromatic heterocycles. The van der Waals surface area contributed by atoms with Crippen LogP contribution in [0.4, 0.5) is 0 Å². The topological polar surface area (TPSA) is 59.0 Å². The van der Waals surface area contributed by atoms with Gasteiger partial charge in [0, 0.05) is 31.1 Å². The normalized spacial score (nSPS) is 38.1. The zero-order valence-corrected chi connectivity index (χ0v) is 14.5. The van der Waals surface area contributed by atoms with Gasteiger partial charge in [-0.05, 0) is 30.9 Å². The van der Waals surface area contributed by atoms with Crippen LogP contribution in [0.3, 0.4) is 0 Å². The van der Waals surface area contributed by atoms with Crippen molar-refractivity contribution in [2.24, 2.45) is 0 Å². The Kier molecular flexibility index (Phi) is 3.00. The predicted molar refractivity (Wildman–Crippen MR) is 92.2 cm³/mol. The summed E-state index contributed by atoms with van der Waals surface area (Å²) >= 11 is 0. The van der Waals surface area contributed by atoms with Crippen molar-refractivity contribution in [2.75, 3.05) is 20.2 Å². The van der Waals surface area contributed by atoms with Crippen molar-refractivity contribution in [3.8, 4) is 11.5 Å². The molecular formula is C20H23NO4. The standard InChI is InChI=1S/C20H23NO4/c1-3-9-21-10-8-19-16-12-4-5-14(24-2)17(16)25-18(19)13(22)6-7-20(19,23)15(21)11-12/h3-5,15,18,23H,1,6-11H2,2H3/t15-,18-,19-,20+/m0/s1. The van der Waals surface area contributed by atoms with E-state index in [1.807, 2.05) is 12.1 Å². The lowest BCUT2D eigenvalue weighted by atomic mass is 9.49. The number of hydrogen-bond acceptors (Lipinski definition) is 5. The number of ketones is 1. The molecule has 4 atom stereocenters. The Morgan fingerprint density at radius 3 is 3.08 bits per heavy atom. The van der Waals surface area contributed by atoms with Gasteiger partial charge in [0.05, 0.1) is 18.1 Å². The third-order valence-electron chi connectivity index (χ3n) is 6.94. The molecule has 2 aliphatic carbocycles. The van der Waals surface area contributed by atoms with Gasteiger partial charge in [-0.3, -0.25) is 9.69 Å². The van der Waals surface area contributed by atoms with Crippen molar-refractivity contribution in [3.05, 3.63) is 35.9 Å². The number of aliphatic hydroxyl groups is 1. The molecule has 132 valence electrons. The number of carbonyl (C=O) groups excluding carboxylic acids is 1. The van der Waals surface area contributed by atoms with Crippen LogP contribution in [0.15, 0.2) is 24.8 Å². The van der Waals surface area contributed by atoms with E-state index in [2.05, 4.69) is 17.5 Å². The highest BCUT2D eigenvalue weighted by Crippen LogP contribution is 2.64. The largest absolute Gasteiger partial charge is 0.493 e. The lowest BCUT2D eigenvalue weighted by Gasteiger charge is -2.62. The average Bonchev–Trinajstić information content (AvgIpc) is 2.96. The van der Waals surface area contributed by atoms with Gasteiger partial charge in [-0.25, -0.2) is 0 Å². The Labute approximate surface area is 147 Å². The van der Waals surface area contributed by atoms with E-state index in [9.17, 15) is 9.90 Å². The fourth-order valence-corrected chi connectivity index (χ4v) is 5.95. The molecule has 1 spiro atoms. The van der Waals surface area contributed by atoms with Gasteiger partial charge in [0.2, 0.25) is 0 Å². The quantitative estimate of drug-likeness (QED) is 0.847. The summed E-state index contributed by atoms with van der Waals surface area (Å²) in [6.07, 6.45) is 3.66. The number of likely N-dealkylation sites (tertiary alicyclic amines) is 1. The maximum Gasteiger partial charge on any atom is 0.174 e. The predicted octanol–water partition coefficient (Wildman–Crippen LogP) is 1.60. The second-order valence-corrected chi connectivity index (χ2v) is 7.74. The number of carbonyl (C=O) groups is 1. The van der Waals surface area contributed by atoms with Crippen molar-refractivity contribution in [1.29, 1.82) is 0 Å². The van der Waals surface area contributed by atoms with Crippen LogP contribution in [0, 0.1) is 0 Å². The Bertz CT molecular complexity index is 790. The molecule has 0 amide bonds. The molecule has 1 N–H and O–H groups in total. The Morgan fingerprint density at radius 2 is 2.32 bits per heavy atom. The molecule has 1 aromatic rings. The number of nitrogens with zero attached hydrogens (tertiary/aromatic N) is 1. The summed E-state index contributed by atoms with van der Waals surface area (Å²) in [5.41, 5.74) is 0.623. The van der Waals surface area contributed by atoms with Crippen molar-refractivity contribution in [3.63, 3.8) is 0 Å². The Hall–Kier alpha value is -1.85. The Balaban J connectivity index is 1.79. The van der Waals surface area contributed by atoms with E-state index in [1.165, 1.54) is 5.56 Å². The zero-order valence-electron chi connectivity index (χ0n) is 14.5. The second kappa shape index (κ2) is 4.86. The summed E-state index contributed by atoms with van der Waals surface area (Å²) in [5.74, 6) is 1.44. The minimum Gasteiger partial charge on any atom is -0.493 e. The molecule has 4 aliphatic rings. The molecule has 1 saturated heterocycles. The van der Waals surface area contributed by atoms with Crippen LogP contribution >= 0.6 is 0 Å². The molecule has 5 rings (SSSR count). The van der Waals surface area contributed by atoms with Crippen LogP contribution in [-0.4, -0.2) is 53.7 Å². The molecule has 1 saturated carbocycles.